The van der Waals surface area contributed by atoms with E-state index in [1.807, 2.05) is 17.5 Å². The number of nitrogens with one attached hydrogen (secondary N) is 2. The monoisotopic (exact) mass is 427 g/mol. The third-order valence-electron chi connectivity index (χ3n) is 5.75. The van der Waals surface area contributed by atoms with E-state index < -0.39 is 17.5 Å². The highest BCUT2D eigenvalue weighted by atomic mass is 32.1. The summed E-state index contributed by atoms with van der Waals surface area (Å²) in [6, 6.07) is 6.68. The summed E-state index contributed by atoms with van der Waals surface area (Å²) in [6.07, 6.45) is 2.19. The predicted octanol–water partition coefficient (Wildman–Crippen LogP) is 3.28. The van der Waals surface area contributed by atoms with Crippen LogP contribution in [0.15, 0.2) is 29.6 Å². The van der Waals surface area contributed by atoms with Crippen molar-refractivity contribution in [3.05, 3.63) is 29.6 Å². The lowest BCUT2D eigenvalue weighted by atomic mass is 9.64. The molecule has 1 aliphatic carbocycles. The first-order valence-corrected chi connectivity index (χ1v) is 10.8. The van der Waals surface area contributed by atoms with Crippen molar-refractivity contribution in [3.8, 4) is 11.3 Å². The average Bonchev–Trinajstić information content (AvgIpc) is 3.25. The molecule has 4 rings (SSSR count). The SMILES string of the molecule is CC1CC(C)(C)CC2(C1)NC(=O)N(CC(=O)Nc1ccc(-c3csnn3)cc1)C2=O. The maximum Gasteiger partial charge on any atom is 0.325 e. The molecule has 2 aliphatic rings. The summed E-state index contributed by atoms with van der Waals surface area (Å²) < 4.78 is 3.84. The van der Waals surface area contributed by atoms with Crippen LogP contribution in [0.2, 0.25) is 0 Å². The Labute approximate surface area is 179 Å². The van der Waals surface area contributed by atoms with Gasteiger partial charge in [-0.1, -0.05) is 37.4 Å². The maximum absolute atomic E-state index is 13.1. The summed E-state index contributed by atoms with van der Waals surface area (Å²) in [6.45, 7) is 6.02. The van der Waals surface area contributed by atoms with E-state index in [1.165, 1.54) is 11.5 Å². The summed E-state index contributed by atoms with van der Waals surface area (Å²) in [5.74, 6) is -0.395. The zero-order valence-electron chi connectivity index (χ0n) is 17.3. The molecule has 2 unspecified atom stereocenters. The number of hydrogen-bond donors (Lipinski definition) is 2. The van der Waals surface area contributed by atoms with E-state index in [1.54, 1.807) is 12.1 Å². The van der Waals surface area contributed by atoms with Crippen molar-refractivity contribution in [1.29, 1.82) is 0 Å². The first-order valence-electron chi connectivity index (χ1n) is 9.99. The number of anilines is 1. The molecule has 2 fully saturated rings. The van der Waals surface area contributed by atoms with Crippen LogP contribution >= 0.6 is 11.5 Å². The molecule has 1 aromatic heterocycles. The quantitative estimate of drug-likeness (QED) is 0.729. The first-order chi connectivity index (χ1) is 14.2. The standard InChI is InChI=1S/C21H25N5O3S/c1-13-8-20(2,3)12-21(9-13)18(28)26(19(29)23-21)10-17(27)22-15-6-4-14(5-7-15)16-11-30-25-24-16/h4-7,11,13H,8-10,12H2,1-3H3,(H,22,27)(H,23,29). The topological polar surface area (TPSA) is 104 Å². The van der Waals surface area contributed by atoms with E-state index in [9.17, 15) is 14.4 Å². The predicted molar refractivity (Wildman–Crippen MR) is 114 cm³/mol. The van der Waals surface area contributed by atoms with Crippen LogP contribution in [0.4, 0.5) is 10.5 Å². The second-order valence-corrected chi connectivity index (χ2v) is 9.78. The van der Waals surface area contributed by atoms with Crippen LogP contribution in [-0.2, 0) is 9.59 Å². The zero-order valence-corrected chi connectivity index (χ0v) is 18.1. The van der Waals surface area contributed by atoms with Crippen molar-refractivity contribution in [2.75, 3.05) is 11.9 Å². The maximum atomic E-state index is 13.1. The Kier molecular flexibility index (Phi) is 5.09. The van der Waals surface area contributed by atoms with Gasteiger partial charge in [-0.15, -0.1) is 5.10 Å². The van der Waals surface area contributed by atoms with Crippen LogP contribution in [0.5, 0.6) is 0 Å². The van der Waals surface area contributed by atoms with Crippen LogP contribution < -0.4 is 10.6 Å². The molecule has 0 radical (unpaired) electrons. The van der Waals surface area contributed by atoms with Crippen LogP contribution in [0, 0.1) is 11.3 Å². The molecule has 4 amide bonds. The fourth-order valence-electron chi connectivity index (χ4n) is 5.01. The van der Waals surface area contributed by atoms with E-state index >= 15 is 0 Å². The number of carbonyl (C=O) groups is 3. The summed E-state index contributed by atoms with van der Waals surface area (Å²) in [5.41, 5.74) is 1.30. The first kappa shape index (κ1) is 20.5. The van der Waals surface area contributed by atoms with E-state index in [-0.39, 0.29) is 17.9 Å². The fraction of sp³-hybridized carbons (Fsp3) is 0.476. The molecule has 2 N–H and O–H groups in total. The minimum absolute atomic E-state index is 0.0482. The van der Waals surface area contributed by atoms with Crippen LogP contribution in [0.25, 0.3) is 11.3 Å². The van der Waals surface area contributed by atoms with Gasteiger partial charge >= 0.3 is 6.03 Å². The van der Waals surface area contributed by atoms with Gasteiger partial charge in [0.25, 0.3) is 5.91 Å². The van der Waals surface area contributed by atoms with Gasteiger partial charge in [-0.05, 0) is 54.3 Å². The molecular weight excluding hydrogens is 402 g/mol. The molecule has 30 heavy (non-hydrogen) atoms. The molecule has 0 bridgehead atoms. The average molecular weight is 428 g/mol. The Bertz CT molecular complexity index is 973. The van der Waals surface area contributed by atoms with Crippen molar-refractivity contribution in [3.63, 3.8) is 0 Å². The summed E-state index contributed by atoms with van der Waals surface area (Å²) >= 11 is 1.27. The van der Waals surface area contributed by atoms with Crippen molar-refractivity contribution >= 4 is 35.1 Å². The van der Waals surface area contributed by atoms with Crippen molar-refractivity contribution in [1.82, 2.24) is 19.8 Å². The number of amides is 4. The number of hydrogen-bond acceptors (Lipinski definition) is 6. The second-order valence-electron chi connectivity index (χ2n) is 9.17. The Morgan fingerprint density at radius 1 is 1.27 bits per heavy atom. The summed E-state index contributed by atoms with van der Waals surface area (Å²) in [4.78, 5) is 39.3. The van der Waals surface area contributed by atoms with Gasteiger partial charge in [0.15, 0.2) is 0 Å². The van der Waals surface area contributed by atoms with Crippen LogP contribution in [0.1, 0.15) is 40.0 Å². The number of rotatable bonds is 4. The van der Waals surface area contributed by atoms with Crippen LogP contribution in [-0.4, -0.2) is 44.4 Å². The molecular formula is C21H25N5O3S. The lowest BCUT2D eigenvalue weighted by Gasteiger charge is -2.43. The number of imide groups is 1. The Balaban J connectivity index is 1.42. The fourth-order valence-corrected chi connectivity index (χ4v) is 5.47. The minimum Gasteiger partial charge on any atom is -0.325 e. The van der Waals surface area contributed by atoms with Gasteiger partial charge in [0.2, 0.25) is 5.91 Å². The van der Waals surface area contributed by atoms with Crippen molar-refractivity contribution < 1.29 is 14.4 Å². The number of aromatic nitrogens is 2. The van der Waals surface area contributed by atoms with Crippen LogP contribution in [0.3, 0.4) is 0 Å². The number of benzene rings is 1. The number of urea groups is 1. The third-order valence-corrected chi connectivity index (χ3v) is 6.25. The number of carbonyl (C=O) groups excluding carboxylic acids is 3. The van der Waals surface area contributed by atoms with Gasteiger partial charge < -0.3 is 10.6 Å². The highest BCUT2D eigenvalue weighted by Gasteiger charge is 2.56. The lowest BCUT2D eigenvalue weighted by Crippen LogP contribution is -2.54. The van der Waals surface area contributed by atoms with Gasteiger partial charge in [0.05, 0.1) is 0 Å². The molecule has 1 saturated heterocycles. The van der Waals surface area contributed by atoms with Crippen molar-refractivity contribution in [2.24, 2.45) is 11.3 Å². The number of nitrogens with zero attached hydrogens (tertiary/aromatic N) is 3. The van der Waals surface area contributed by atoms with E-state index in [4.69, 9.17) is 0 Å². The molecule has 158 valence electrons. The lowest BCUT2D eigenvalue weighted by molar-refractivity contribution is -0.136. The molecule has 9 heteroatoms. The van der Waals surface area contributed by atoms with Gasteiger partial charge in [-0.2, -0.15) is 0 Å². The molecule has 2 aromatic rings. The molecule has 1 aliphatic heterocycles. The molecule has 1 aromatic carbocycles. The molecule has 1 spiro atoms. The Morgan fingerprint density at radius 2 is 2.00 bits per heavy atom. The molecule has 8 nitrogen and oxygen atoms in total. The van der Waals surface area contributed by atoms with Gasteiger partial charge in [-0.3, -0.25) is 14.5 Å². The van der Waals surface area contributed by atoms with Gasteiger partial charge in [0, 0.05) is 16.6 Å². The highest BCUT2D eigenvalue weighted by molar-refractivity contribution is 7.03. The van der Waals surface area contributed by atoms with E-state index in [0.717, 1.165) is 22.6 Å². The summed E-state index contributed by atoms with van der Waals surface area (Å²) in [7, 11) is 0. The Hall–Kier alpha value is -2.81. The molecule has 2 atom stereocenters. The minimum atomic E-state index is -0.901. The smallest absolute Gasteiger partial charge is 0.325 e. The summed E-state index contributed by atoms with van der Waals surface area (Å²) in [5, 5.41) is 11.5. The highest BCUT2D eigenvalue weighted by Crippen LogP contribution is 2.46. The Morgan fingerprint density at radius 3 is 2.63 bits per heavy atom. The van der Waals surface area contributed by atoms with E-state index in [2.05, 4.69) is 41.0 Å². The second kappa shape index (κ2) is 7.46. The van der Waals surface area contributed by atoms with Gasteiger partial charge in [-0.25, -0.2) is 4.79 Å². The third kappa shape index (κ3) is 3.94. The largest absolute Gasteiger partial charge is 0.325 e. The molecule has 1 saturated carbocycles. The normalized spacial score (nSPS) is 25.4. The zero-order chi connectivity index (χ0) is 21.5. The van der Waals surface area contributed by atoms with Crippen molar-refractivity contribution in [2.45, 2.75) is 45.6 Å². The van der Waals surface area contributed by atoms with Gasteiger partial charge in [0.1, 0.15) is 17.8 Å². The molecule has 2 heterocycles. The van der Waals surface area contributed by atoms with E-state index in [0.29, 0.717) is 24.4 Å².